The second kappa shape index (κ2) is 11.1. The average molecular weight is 477 g/mol. The maximum Gasteiger partial charge on any atom is 0.307 e. The van der Waals surface area contributed by atoms with E-state index < -0.39 is 21.5 Å². The van der Waals surface area contributed by atoms with Crippen molar-refractivity contribution in [3.05, 3.63) is 48.5 Å². The maximum atomic E-state index is 13.2. The molecule has 2 aromatic rings. The van der Waals surface area contributed by atoms with E-state index in [-0.39, 0.29) is 24.5 Å². The van der Waals surface area contributed by atoms with Gasteiger partial charge in [-0.25, -0.2) is 13.4 Å². The van der Waals surface area contributed by atoms with Gasteiger partial charge in [0.1, 0.15) is 5.75 Å². The number of methoxy groups -OCH3 is 2. The fraction of sp³-hybridized carbons (Fsp3) is 0.458. The van der Waals surface area contributed by atoms with E-state index in [4.69, 9.17) is 9.47 Å². The van der Waals surface area contributed by atoms with Crippen LogP contribution in [0.1, 0.15) is 38.5 Å². The van der Waals surface area contributed by atoms with E-state index in [1.807, 2.05) is 24.3 Å². The molecule has 180 valence electrons. The summed E-state index contributed by atoms with van der Waals surface area (Å²) in [7, 11) is -1.00. The molecule has 1 aliphatic carbocycles. The molecule has 0 amide bonds. The SMILES string of the molecule is COC(=O)CC1(N(CCO)NS(=O)(=O)c2ccc(-c3ccc(OC)cc3)cc2)CCCCC1. The number of hydrazine groups is 1. The summed E-state index contributed by atoms with van der Waals surface area (Å²) in [5.74, 6) is 0.345. The standard InChI is InChI=1S/C24H32N2O6S/c1-31-21-10-6-19(7-11-21)20-8-12-22(13-9-20)33(29,30)25-26(16-17-27)24(18-23(28)32-2)14-4-3-5-15-24/h6-13,25,27H,3-5,14-18H2,1-2H3. The molecule has 2 N–H and O–H groups in total. The van der Waals surface area contributed by atoms with Crippen molar-refractivity contribution in [3.63, 3.8) is 0 Å². The zero-order valence-electron chi connectivity index (χ0n) is 19.1. The third-order valence-electron chi connectivity index (χ3n) is 6.20. The van der Waals surface area contributed by atoms with Crippen molar-refractivity contribution in [2.75, 3.05) is 27.4 Å². The van der Waals surface area contributed by atoms with Gasteiger partial charge in [-0.3, -0.25) is 4.79 Å². The molecular weight excluding hydrogens is 444 g/mol. The predicted molar refractivity (Wildman–Crippen MR) is 125 cm³/mol. The fourth-order valence-corrected chi connectivity index (χ4v) is 5.56. The van der Waals surface area contributed by atoms with Crippen LogP contribution in [-0.4, -0.2) is 57.4 Å². The molecule has 8 nitrogen and oxygen atoms in total. The van der Waals surface area contributed by atoms with Crippen molar-refractivity contribution in [3.8, 4) is 16.9 Å². The van der Waals surface area contributed by atoms with Crippen LogP contribution in [0, 0.1) is 0 Å². The first-order chi connectivity index (χ1) is 15.8. The smallest absolute Gasteiger partial charge is 0.307 e. The van der Waals surface area contributed by atoms with Gasteiger partial charge in [-0.1, -0.05) is 43.5 Å². The molecule has 0 bridgehead atoms. The van der Waals surface area contributed by atoms with Gasteiger partial charge in [0.15, 0.2) is 0 Å². The van der Waals surface area contributed by atoms with E-state index >= 15 is 0 Å². The number of β-amino-alcohol motifs (C(OH)–C–C–N with tert-alkyl or cyclic N) is 1. The molecule has 33 heavy (non-hydrogen) atoms. The van der Waals surface area contributed by atoms with Crippen molar-refractivity contribution in [1.29, 1.82) is 0 Å². The first kappa shape index (κ1) is 25.2. The molecule has 3 rings (SSSR count). The first-order valence-corrected chi connectivity index (χ1v) is 12.5. The van der Waals surface area contributed by atoms with Crippen LogP contribution in [0.15, 0.2) is 53.4 Å². The van der Waals surface area contributed by atoms with Crippen molar-refractivity contribution >= 4 is 16.0 Å². The summed E-state index contributed by atoms with van der Waals surface area (Å²) >= 11 is 0. The zero-order valence-corrected chi connectivity index (χ0v) is 19.9. The second-order valence-corrected chi connectivity index (χ2v) is 9.92. The second-order valence-electron chi connectivity index (χ2n) is 8.26. The van der Waals surface area contributed by atoms with Gasteiger partial charge in [0.05, 0.1) is 32.1 Å². The summed E-state index contributed by atoms with van der Waals surface area (Å²) in [6, 6.07) is 14.1. The van der Waals surface area contributed by atoms with Gasteiger partial charge in [-0.05, 0) is 48.2 Å². The highest BCUT2D eigenvalue weighted by atomic mass is 32.2. The summed E-state index contributed by atoms with van der Waals surface area (Å²) in [4.78, 5) is 14.9. The van der Waals surface area contributed by atoms with Gasteiger partial charge >= 0.3 is 5.97 Å². The Morgan fingerprint density at radius 2 is 1.58 bits per heavy atom. The number of carbonyl (C=O) groups is 1. The van der Waals surface area contributed by atoms with E-state index in [1.54, 1.807) is 31.4 Å². The number of ether oxygens (including phenoxy) is 2. The normalized spacial score (nSPS) is 15.9. The van der Waals surface area contributed by atoms with E-state index in [0.717, 1.165) is 36.1 Å². The van der Waals surface area contributed by atoms with Gasteiger partial charge in [0, 0.05) is 12.1 Å². The number of hydrogen-bond acceptors (Lipinski definition) is 7. The maximum absolute atomic E-state index is 13.2. The summed E-state index contributed by atoms with van der Waals surface area (Å²) < 4.78 is 36.5. The lowest BCUT2D eigenvalue weighted by Crippen LogP contribution is -2.59. The van der Waals surface area contributed by atoms with Crippen LogP contribution in [0.2, 0.25) is 0 Å². The van der Waals surface area contributed by atoms with Crippen LogP contribution in [0.4, 0.5) is 0 Å². The summed E-state index contributed by atoms with van der Waals surface area (Å²) in [6.07, 6.45) is 4.11. The average Bonchev–Trinajstić information content (AvgIpc) is 2.84. The van der Waals surface area contributed by atoms with Gasteiger partial charge in [-0.15, -0.1) is 4.83 Å². The fourth-order valence-electron chi connectivity index (χ4n) is 4.38. The Morgan fingerprint density at radius 3 is 2.09 bits per heavy atom. The summed E-state index contributed by atoms with van der Waals surface area (Å²) in [5, 5.41) is 11.2. The molecule has 1 fully saturated rings. The Balaban J connectivity index is 1.84. The lowest BCUT2D eigenvalue weighted by atomic mass is 9.78. The zero-order chi connectivity index (χ0) is 23.9. The number of benzene rings is 2. The number of nitrogens with one attached hydrogen (secondary N) is 1. The number of nitrogens with zero attached hydrogens (tertiary/aromatic N) is 1. The van der Waals surface area contributed by atoms with Crippen molar-refractivity contribution in [2.45, 2.75) is 49.0 Å². The van der Waals surface area contributed by atoms with Crippen LogP contribution < -0.4 is 9.57 Å². The molecule has 1 aliphatic rings. The highest BCUT2D eigenvalue weighted by molar-refractivity contribution is 7.89. The van der Waals surface area contributed by atoms with Crippen LogP contribution in [0.25, 0.3) is 11.1 Å². The molecule has 0 aromatic heterocycles. The minimum absolute atomic E-state index is 0.0580. The molecule has 0 saturated heterocycles. The summed E-state index contributed by atoms with van der Waals surface area (Å²) in [6.45, 7) is -0.179. The third kappa shape index (κ3) is 6.11. The minimum Gasteiger partial charge on any atom is -0.497 e. The van der Waals surface area contributed by atoms with Crippen LogP contribution in [0.5, 0.6) is 5.75 Å². The molecule has 2 aromatic carbocycles. The van der Waals surface area contributed by atoms with Gasteiger partial charge < -0.3 is 14.6 Å². The molecule has 0 radical (unpaired) electrons. The van der Waals surface area contributed by atoms with Gasteiger partial charge in [0.2, 0.25) is 0 Å². The molecule has 0 heterocycles. The van der Waals surface area contributed by atoms with E-state index in [9.17, 15) is 18.3 Å². The quantitative estimate of drug-likeness (QED) is 0.401. The predicted octanol–water partition coefficient (Wildman–Crippen LogP) is 3.12. The number of carbonyl (C=O) groups excluding carboxylic acids is 1. The van der Waals surface area contributed by atoms with E-state index in [0.29, 0.717) is 12.8 Å². The molecule has 0 unspecified atom stereocenters. The number of esters is 1. The number of aliphatic hydroxyl groups excluding tert-OH is 1. The molecule has 0 spiro atoms. The molecule has 0 aliphatic heterocycles. The highest BCUT2D eigenvalue weighted by Crippen LogP contribution is 2.36. The van der Waals surface area contributed by atoms with Crippen molar-refractivity contribution < 1.29 is 27.8 Å². The topological polar surface area (TPSA) is 105 Å². The monoisotopic (exact) mass is 476 g/mol. The largest absolute Gasteiger partial charge is 0.497 e. The van der Waals surface area contributed by atoms with Crippen LogP contribution >= 0.6 is 0 Å². The Bertz CT molecular complexity index is 1020. The lowest BCUT2D eigenvalue weighted by molar-refractivity contribution is -0.145. The first-order valence-electron chi connectivity index (χ1n) is 11.1. The van der Waals surface area contributed by atoms with Crippen molar-refractivity contribution in [1.82, 2.24) is 9.84 Å². The van der Waals surface area contributed by atoms with Crippen molar-refractivity contribution in [2.24, 2.45) is 0 Å². The molecule has 0 atom stereocenters. The molecule has 9 heteroatoms. The van der Waals surface area contributed by atoms with E-state index in [1.165, 1.54) is 12.1 Å². The Kier molecular flexibility index (Phi) is 8.47. The van der Waals surface area contributed by atoms with Crippen LogP contribution in [0.3, 0.4) is 0 Å². The van der Waals surface area contributed by atoms with E-state index in [2.05, 4.69) is 4.83 Å². The Morgan fingerprint density at radius 1 is 1.00 bits per heavy atom. The molecular formula is C24H32N2O6S. The van der Waals surface area contributed by atoms with Gasteiger partial charge in [0.25, 0.3) is 10.0 Å². The number of aliphatic hydroxyl groups is 1. The Labute approximate surface area is 195 Å². The van der Waals surface area contributed by atoms with Gasteiger partial charge in [-0.2, -0.15) is 0 Å². The molecule has 1 saturated carbocycles. The minimum atomic E-state index is -3.93. The number of rotatable bonds is 10. The Hall–Kier alpha value is -2.46. The number of sulfonamides is 1. The lowest BCUT2D eigenvalue weighted by Gasteiger charge is -2.45. The third-order valence-corrected chi connectivity index (χ3v) is 7.55. The summed E-state index contributed by atoms with van der Waals surface area (Å²) in [5.41, 5.74) is 1.08. The van der Waals surface area contributed by atoms with Crippen LogP contribution in [-0.2, 0) is 19.6 Å². The number of hydrogen-bond donors (Lipinski definition) is 2. The highest BCUT2D eigenvalue weighted by Gasteiger charge is 2.42.